The summed E-state index contributed by atoms with van der Waals surface area (Å²) >= 11 is 1.40. The van der Waals surface area contributed by atoms with Crippen LogP contribution in [0.3, 0.4) is 0 Å². The topological polar surface area (TPSA) is 93.8 Å². The quantitative estimate of drug-likeness (QED) is 0.305. The summed E-state index contributed by atoms with van der Waals surface area (Å²) in [5, 5.41) is 14.6. The van der Waals surface area contributed by atoms with Gasteiger partial charge >= 0.3 is 0 Å². The van der Waals surface area contributed by atoms with Crippen LogP contribution >= 0.6 is 11.8 Å². The summed E-state index contributed by atoms with van der Waals surface area (Å²) in [6.07, 6.45) is 1.55. The Morgan fingerprint density at radius 3 is 2.50 bits per heavy atom. The molecule has 3 aromatic carbocycles. The molecule has 30 heavy (non-hydrogen) atoms. The third kappa shape index (κ3) is 6.75. The molecule has 3 aromatic rings. The number of carbonyl (C=O) groups is 1. The van der Waals surface area contributed by atoms with Crippen LogP contribution in [0.15, 0.2) is 84.0 Å². The fraction of sp³-hybridized carbons (Fsp3) is 0.0909. The van der Waals surface area contributed by atoms with Crippen molar-refractivity contribution in [3.63, 3.8) is 0 Å². The second-order valence-corrected chi connectivity index (χ2v) is 7.18. The first-order chi connectivity index (χ1) is 14.6. The Bertz CT molecular complexity index is 1020. The van der Waals surface area contributed by atoms with E-state index in [4.69, 9.17) is 4.74 Å². The fourth-order valence-corrected chi connectivity index (χ4v) is 3.25. The third-order valence-electron chi connectivity index (χ3n) is 3.89. The van der Waals surface area contributed by atoms with E-state index < -0.39 is 4.92 Å². The number of nitrogens with one attached hydrogen (secondary N) is 1. The summed E-state index contributed by atoms with van der Waals surface area (Å²) in [4.78, 5) is 22.1. The van der Waals surface area contributed by atoms with Crippen molar-refractivity contribution in [2.24, 2.45) is 5.10 Å². The Hall–Kier alpha value is -3.65. The number of ether oxygens (including phenoxy) is 1. The highest BCUT2D eigenvalue weighted by atomic mass is 32.2. The van der Waals surface area contributed by atoms with Gasteiger partial charge in [0.15, 0.2) is 0 Å². The summed E-state index contributed by atoms with van der Waals surface area (Å²) in [5.41, 5.74) is 4.25. The lowest BCUT2D eigenvalue weighted by atomic mass is 10.2. The van der Waals surface area contributed by atoms with Crippen molar-refractivity contribution >= 4 is 29.6 Å². The first-order valence-corrected chi connectivity index (χ1v) is 10.2. The minimum absolute atomic E-state index is 0.0501. The predicted molar refractivity (Wildman–Crippen MR) is 118 cm³/mol. The number of hydrazone groups is 1. The molecule has 1 amide bonds. The maximum atomic E-state index is 11.9. The number of hydrogen-bond acceptors (Lipinski definition) is 6. The number of nitro benzene ring substituents is 1. The van der Waals surface area contributed by atoms with Gasteiger partial charge in [-0.1, -0.05) is 42.5 Å². The van der Waals surface area contributed by atoms with E-state index in [0.717, 1.165) is 16.9 Å². The molecule has 0 aromatic heterocycles. The molecule has 8 heteroatoms. The monoisotopic (exact) mass is 421 g/mol. The SMILES string of the molecule is O=C(CSCc1ccc([N+](=O)[O-])cc1)NN=Cc1cccc(Oc2ccccc2)c1. The molecule has 3 rings (SSSR count). The van der Waals surface area contributed by atoms with Crippen molar-refractivity contribution in [2.45, 2.75) is 5.75 Å². The second-order valence-electron chi connectivity index (χ2n) is 6.20. The molecule has 0 aliphatic heterocycles. The number of hydrogen-bond donors (Lipinski definition) is 1. The number of para-hydroxylation sites is 1. The number of rotatable bonds is 9. The minimum atomic E-state index is -0.439. The number of amides is 1. The average molecular weight is 421 g/mol. The molecule has 0 spiro atoms. The molecule has 7 nitrogen and oxygen atoms in total. The molecule has 0 atom stereocenters. The zero-order chi connectivity index (χ0) is 21.2. The predicted octanol–water partition coefficient (Wildman–Crippen LogP) is 4.77. The van der Waals surface area contributed by atoms with Crippen LogP contribution in [0, 0.1) is 10.1 Å². The molecule has 152 valence electrons. The Kier molecular flexibility index (Phi) is 7.57. The maximum absolute atomic E-state index is 11.9. The third-order valence-corrected chi connectivity index (χ3v) is 4.89. The summed E-state index contributed by atoms with van der Waals surface area (Å²) in [5.74, 6) is 1.99. The van der Waals surface area contributed by atoms with Crippen molar-refractivity contribution in [1.29, 1.82) is 0 Å². The van der Waals surface area contributed by atoms with Crippen LogP contribution in [0.4, 0.5) is 5.69 Å². The van der Waals surface area contributed by atoms with Gasteiger partial charge in [0.2, 0.25) is 5.91 Å². The van der Waals surface area contributed by atoms with Crippen molar-refractivity contribution in [3.05, 3.63) is 100 Å². The molecule has 0 unspecified atom stereocenters. The van der Waals surface area contributed by atoms with E-state index in [-0.39, 0.29) is 17.3 Å². The lowest BCUT2D eigenvalue weighted by Gasteiger charge is -2.05. The van der Waals surface area contributed by atoms with Crippen LogP contribution in [0.1, 0.15) is 11.1 Å². The number of non-ortho nitro benzene ring substituents is 1. The van der Waals surface area contributed by atoms with Gasteiger partial charge < -0.3 is 4.74 Å². The van der Waals surface area contributed by atoms with Gasteiger partial charge in [0.05, 0.1) is 16.9 Å². The molecule has 0 aliphatic rings. The molecule has 0 fully saturated rings. The number of carbonyl (C=O) groups excluding carboxylic acids is 1. The smallest absolute Gasteiger partial charge is 0.269 e. The fourth-order valence-electron chi connectivity index (χ4n) is 2.47. The largest absolute Gasteiger partial charge is 0.457 e. The Morgan fingerprint density at radius 1 is 1.03 bits per heavy atom. The van der Waals surface area contributed by atoms with Gasteiger partial charge in [-0.25, -0.2) is 5.43 Å². The van der Waals surface area contributed by atoms with Crippen molar-refractivity contribution < 1.29 is 14.5 Å². The van der Waals surface area contributed by atoms with Gasteiger partial charge in [0.1, 0.15) is 11.5 Å². The van der Waals surface area contributed by atoms with E-state index in [1.165, 1.54) is 23.9 Å². The molecular weight excluding hydrogens is 402 g/mol. The lowest BCUT2D eigenvalue weighted by Crippen LogP contribution is -2.19. The van der Waals surface area contributed by atoms with Crippen LogP contribution in [-0.4, -0.2) is 22.8 Å². The van der Waals surface area contributed by atoms with E-state index in [0.29, 0.717) is 11.5 Å². The minimum Gasteiger partial charge on any atom is -0.457 e. The van der Waals surface area contributed by atoms with Crippen molar-refractivity contribution in [3.8, 4) is 11.5 Å². The molecule has 0 saturated carbocycles. The Labute approximate surface area is 177 Å². The number of nitrogens with zero attached hydrogens (tertiary/aromatic N) is 2. The standard InChI is InChI=1S/C22H19N3O4S/c26-22(16-30-15-17-9-11-19(12-10-17)25(27)28)24-23-14-18-5-4-8-21(13-18)29-20-6-2-1-3-7-20/h1-14H,15-16H2,(H,24,26). The number of thioether (sulfide) groups is 1. The highest BCUT2D eigenvalue weighted by Gasteiger charge is 2.05. The summed E-state index contributed by atoms with van der Waals surface area (Å²) in [7, 11) is 0. The number of nitro groups is 1. The summed E-state index contributed by atoms with van der Waals surface area (Å²) < 4.78 is 5.77. The molecule has 1 N–H and O–H groups in total. The van der Waals surface area contributed by atoms with E-state index in [1.807, 2.05) is 54.6 Å². The number of benzene rings is 3. The summed E-state index contributed by atoms with van der Waals surface area (Å²) in [6, 6.07) is 23.1. The molecule has 0 aliphatic carbocycles. The van der Waals surface area contributed by atoms with Crippen molar-refractivity contribution in [2.75, 3.05) is 5.75 Å². The lowest BCUT2D eigenvalue weighted by molar-refractivity contribution is -0.384. The molecule has 0 saturated heterocycles. The highest BCUT2D eigenvalue weighted by Crippen LogP contribution is 2.21. The average Bonchev–Trinajstić information content (AvgIpc) is 2.75. The van der Waals surface area contributed by atoms with Gasteiger partial charge in [-0.3, -0.25) is 14.9 Å². The van der Waals surface area contributed by atoms with E-state index in [2.05, 4.69) is 10.5 Å². The van der Waals surface area contributed by atoms with Gasteiger partial charge in [0.25, 0.3) is 5.69 Å². The van der Waals surface area contributed by atoms with Crippen molar-refractivity contribution in [1.82, 2.24) is 5.43 Å². The van der Waals surface area contributed by atoms with Crippen LogP contribution in [0.25, 0.3) is 0 Å². The van der Waals surface area contributed by atoms with Crippen LogP contribution in [-0.2, 0) is 10.5 Å². The normalized spacial score (nSPS) is 10.7. The summed E-state index contributed by atoms with van der Waals surface area (Å²) in [6.45, 7) is 0. The van der Waals surface area contributed by atoms with E-state index in [1.54, 1.807) is 18.3 Å². The molecule has 0 bridgehead atoms. The van der Waals surface area contributed by atoms with Gasteiger partial charge in [-0.15, -0.1) is 11.8 Å². The first-order valence-electron chi connectivity index (χ1n) is 9.06. The molecule has 0 heterocycles. The van der Waals surface area contributed by atoms with E-state index >= 15 is 0 Å². The maximum Gasteiger partial charge on any atom is 0.269 e. The highest BCUT2D eigenvalue weighted by molar-refractivity contribution is 7.99. The van der Waals surface area contributed by atoms with E-state index in [9.17, 15) is 14.9 Å². The zero-order valence-electron chi connectivity index (χ0n) is 15.9. The second kappa shape index (κ2) is 10.8. The molecular formula is C22H19N3O4S. The zero-order valence-corrected chi connectivity index (χ0v) is 16.7. The van der Waals surface area contributed by atoms with Gasteiger partial charge in [-0.2, -0.15) is 5.10 Å². The Balaban J connectivity index is 1.43. The molecule has 0 radical (unpaired) electrons. The van der Waals surface area contributed by atoms with Crippen LogP contribution < -0.4 is 10.2 Å². The van der Waals surface area contributed by atoms with Gasteiger partial charge in [-0.05, 0) is 35.4 Å². The first kappa shape index (κ1) is 21.1. The van der Waals surface area contributed by atoms with Gasteiger partial charge in [0, 0.05) is 17.9 Å². The Morgan fingerprint density at radius 2 is 1.77 bits per heavy atom. The van der Waals surface area contributed by atoms with Crippen LogP contribution in [0.5, 0.6) is 11.5 Å². The van der Waals surface area contributed by atoms with Crippen LogP contribution in [0.2, 0.25) is 0 Å².